The van der Waals surface area contributed by atoms with Crippen molar-refractivity contribution in [2.75, 3.05) is 0 Å². The molecular formula is C19H30O2. The van der Waals surface area contributed by atoms with Gasteiger partial charge in [-0.25, -0.2) is 0 Å². The minimum atomic E-state index is -0.108. The molecular weight excluding hydrogens is 260 g/mol. The molecule has 21 heavy (non-hydrogen) atoms. The summed E-state index contributed by atoms with van der Waals surface area (Å²) in [5.41, 5.74) is 2.05. The highest BCUT2D eigenvalue weighted by Crippen LogP contribution is 2.64. The van der Waals surface area contributed by atoms with Gasteiger partial charge in [0.2, 0.25) is 0 Å². The minimum Gasteiger partial charge on any atom is -0.393 e. The van der Waals surface area contributed by atoms with Gasteiger partial charge in [0, 0.05) is 0 Å². The van der Waals surface area contributed by atoms with Crippen molar-refractivity contribution in [2.24, 2.45) is 28.6 Å². The van der Waals surface area contributed by atoms with Crippen molar-refractivity contribution in [2.45, 2.75) is 77.4 Å². The van der Waals surface area contributed by atoms with Crippen LogP contribution in [0.25, 0.3) is 0 Å². The molecule has 0 unspecified atom stereocenters. The maximum absolute atomic E-state index is 10.5. The second kappa shape index (κ2) is 4.58. The van der Waals surface area contributed by atoms with E-state index >= 15 is 0 Å². The average molecular weight is 290 g/mol. The molecule has 3 fully saturated rings. The van der Waals surface area contributed by atoms with Crippen LogP contribution >= 0.6 is 0 Å². The van der Waals surface area contributed by atoms with Gasteiger partial charge < -0.3 is 10.2 Å². The molecule has 0 spiro atoms. The molecule has 4 aliphatic rings. The third-order valence-corrected chi connectivity index (χ3v) is 8.03. The Bertz CT molecular complexity index is 470. The maximum atomic E-state index is 10.5. The summed E-state index contributed by atoms with van der Waals surface area (Å²) in [6.45, 7) is 4.81. The van der Waals surface area contributed by atoms with E-state index < -0.39 is 0 Å². The Kier molecular flexibility index (Phi) is 3.11. The Morgan fingerprint density at radius 2 is 1.81 bits per heavy atom. The van der Waals surface area contributed by atoms with E-state index in [2.05, 4.69) is 19.9 Å². The molecule has 2 nitrogen and oxygen atoms in total. The third kappa shape index (κ3) is 1.84. The average Bonchev–Trinajstić information content (AvgIpc) is 2.76. The van der Waals surface area contributed by atoms with Crippen LogP contribution in [-0.2, 0) is 0 Å². The lowest BCUT2D eigenvalue weighted by molar-refractivity contribution is -0.0711. The predicted octanol–water partition coefficient (Wildman–Crippen LogP) is 3.67. The second-order valence-corrected chi connectivity index (χ2v) is 8.79. The predicted molar refractivity (Wildman–Crippen MR) is 83.7 cm³/mol. The summed E-state index contributed by atoms with van der Waals surface area (Å²) in [5.74, 6) is 2.27. The zero-order chi connectivity index (χ0) is 14.8. The summed E-state index contributed by atoms with van der Waals surface area (Å²) in [5, 5.41) is 20.5. The maximum Gasteiger partial charge on any atom is 0.0596 e. The summed E-state index contributed by atoms with van der Waals surface area (Å²) in [6.07, 6.45) is 11.2. The number of hydrogen-bond acceptors (Lipinski definition) is 2. The molecule has 0 aliphatic heterocycles. The zero-order valence-corrected chi connectivity index (χ0v) is 13.5. The van der Waals surface area contributed by atoms with Crippen molar-refractivity contribution >= 4 is 0 Å². The van der Waals surface area contributed by atoms with E-state index in [1.165, 1.54) is 25.7 Å². The minimum absolute atomic E-state index is 0.0742. The first-order valence-corrected chi connectivity index (χ1v) is 9.01. The molecule has 4 aliphatic carbocycles. The fourth-order valence-electron chi connectivity index (χ4n) is 6.61. The van der Waals surface area contributed by atoms with Gasteiger partial charge in [-0.1, -0.05) is 25.5 Å². The van der Waals surface area contributed by atoms with Crippen LogP contribution in [0.3, 0.4) is 0 Å². The van der Waals surface area contributed by atoms with E-state index in [9.17, 15) is 10.2 Å². The smallest absolute Gasteiger partial charge is 0.0596 e. The number of hydrogen-bond donors (Lipinski definition) is 2. The van der Waals surface area contributed by atoms with E-state index in [0.717, 1.165) is 37.5 Å². The molecule has 118 valence electrons. The van der Waals surface area contributed by atoms with E-state index in [4.69, 9.17) is 0 Å². The Hall–Kier alpha value is -0.340. The molecule has 2 heteroatoms. The second-order valence-electron chi connectivity index (χ2n) is 8.79. The van der Waals surface area contributed by atoms with Crippen molar-refractivity contribution in [3.63, 3.8) is 0 Å². The van der Waals surface area contributed by atoms with Crippen LogP contribution in [-0.4, -0.2) is 22.4 Å². The first-order chi connectivity index (χ1) is 9.95. The molecule has 2 N–H and O–H groups in total. The number of allylic oxidation sites excluding steroid dienone is 1. The molecule has 0 bridgehead atoms. The molecule has 0 saturated heterocycles. The van der Waals surface area contributed by atoms with Crippen LogP contribution in [0.2, 0.25) is 0 Å². The molecule has 0 heterocycles. The molecule has 7 atom stereocenters. The number of aliphatic hydroxyl groups excluding tert-OH is 2. The Morgan fingerprint density at radius 3 is 2.62 bits per heavy atom. The van der Waals surface area contributed by atoms with E-state index in [1.54, 1.807) is 5.57 Å². The molecule has 0 aromatic carbocycles. The van der Waals surface area contributed by atoms with Crippen molar-refractivity contribution in [1.29, 1.82) is 0 Å². The summed E-state index contributed by atoms with van der Waals surface area (Å²) in [7, 11) is 0. The van der Waals surface area contributed by atoms with Gasteiger partial charge in [-0.15, -0.1) is 0 Å². The first kappa shape index (κ1) is 14.3. The molecule has 0 radical (unpaired) electrons. The van der Waals surface area contributed by atoms with E-state index in [0.29, 0.717) is 11.3 Å². The molecule has 0 aromatic rings. The van der Waals surface area contributed by atoms with Crippen LogP contribution in [0, 0.1) is 28.6 Å². The molecule has 0 amide bonds. The van der Waals surface area contributed by atoms with Gasteiger partial charge >= 0.3 is 0 Å². The monoisotopic (exact) mass is 290 g/mol. The Balaban J connectivity index is 1.68. The lowest BCUT2D eigenvalue weighted by Gasteiger charge is -2.57. The van der Waals surface area contributed by atoms with Gasteiger partial charge in [-0.3, -0.25) is 0 Å². The molecule has 3 saturated carbocycles. The highest BCUT2D eigenvalue weighted by atomic mass is 16.3. The fraction of sp³-hybridized carbons (Fsp3) is 0.895. The highest BCUT2D eigenvalue weighted by molar-refractivity contribution is 5.25. The molecule has 0 aromatic heterocycles. The Morgan fingerprint density at radius 1 is 1.00 bits per heavy atom. The van der Waals surface area contributed by atoms with Crippen LogP contribution in [0.1, 0.15) is 65.2 Å². The lowest BCUT2D eigenvalue weighted by atomic mass is 9.48. The largest absolute Gasteiger partial charge is 0.393 e. The van der Waals surface area contributed by atoms with Crippen molar-refractivity contribution in [3.8, 4) is 0 Å². The van der Waals surface area contributed by atoms with Gasteiger partial charge in [-0.05, 0) is 80.0 Å². The summed E-state index contributed by atoms with van der Waals surface area (Å²) >= 11 is 0. The van der Waals surface area contributed by atoms with Crippen LogP contribution in [0.4, 0.5) is 0 Å². The number of rotatable bonds is 0. The van der Waals surface area contributed by atoms with Crippen molar-refractivity contribution < 1.29 is 10.2 Å². The summed E-state index contributed by atoms with van der Waals surface area (Å²) in [4.78, 5) is 0. The third-order valence-electron chi connectivity index (χ3n) is 8.03. The van der Waals surface area contributed by atoms with Gasteiger partial charge in [-0.2, -0.15) is 0 Å². The van der Waals surface area contributed by atoms with E-state index in [1.807, 2.05) is 0 Å². The topological polar surface area (TPSA) is 40.5 Å². The number of fused-ring (bicyclic) bond motifs is 5. The summed E-state index contributed by atoms with van der Waals surface area (Å²) < 4.78 is 0. The zero-order valence-electron chi connectivity index (χ0n) is 13.5. The van der Waals surface area contributed by atoms with Gasteiger partial charge in [0.15, 0.2) is 0 Å². The van der Waals surface area contributed by atoms with Crippen LogP contribution < -0.4 is 0 Å². The SMILES string of the molecule is C[C@]12CC[C@@H]3[C@H](CC=C4C[C@@H](O)CC[C@@]43C)[C@H]1CC[C@@H]2O. The summed E-state index contributed by atoms with van der Waals surface area (Å²) in [6, 6.07) is 0. The van der Waals surface area contributed by atoms with Crippen LogP contribution in [0.5, 0.6) is 0 Å². The van der Waals surface area contributed by atoms with Gasteiger partial charge in [0.05, 0.1) is 12.2 Å². The normalized spacial score (nSPS) is 56.2. The van der Waals surface area contributed by atoms with Crippen molar-refractivity contribution in [1.82, 2.24) is 0 Å². The Labute approximate surface area is 128 Å². The standard InChI is InChI=1S/C19H30O2/c1-18-9-7-13(20)11-12(18)3-4-14-15-5-6-17(21)19(15,2)10-8-16(14)18/h3,13-17,20-21H,4-11H2,1-2H3/t13-,14+,15+,16+,17-,18-,19-/m0/s1. The van der Waals surface area contributed by atoms with Crippen molar-refractivity contribution in [3.05, 3.63) is 11.6 Å². The lowest BCUT2D eigenvalue weighted by Crippen LogP contribution is -2.51. The highest BCUT2D eigenvalue weighted by Gasteiger charge is 2.58. The number of aliphatic hydroxyl groups is 2. The first-order valence-electron chi connectivity index (χ1n) is 9.01. The van der Waals surface area contributed by atoms with Gasteiger partial charge in [0.25, 0.3) is 0 Å². The quantitative estimate of drug-likeness (QED) is 0.668. The van der Waals surface area contributed by atoms with Crippen LogP contribution in [0.15, 0.2) is 11.6 Å². The van der Waals surface area contributed by atoms with Gasteiger partial charge in [0.1, 0.15) is 0 Å². The fourth-order valence-corrected chi connectivity index (χ4v) is 6.61. The van der Waals surface area contributed by atoms with E-state index in [-0.39, 0.29) is 17.6 Å². The molecule has 4 rings (SSSR count).